The van der Waals surface area contributed by atoms with E-state index in [0.29, 0.717) is 11.4 Å². The molecule has 26 heavy (non-hydrogen) atoms. The van der Waals surface area contributed by atoms with E-state index in [-0.39, 0.29) is 22.2 Å². The van der Waals surface area contributed by atoms with E-state index in [1.54, 1.807) is 37.7 Å². The first-order valence-electron chi connectivity index (χ1n) is 7.76. The second-order valence-corrected chi connectivity index (χ2v) is 6.61. The normalized spacial score (nSPS) is 12.1. The van der Waals surface area contributed by atoms with E-state index in [2.05, 4.69) is 10.4 Å². The summed E-state index contributed by atoms with van der Waals surface area (Å²) >= 11 is 0.252. The summed E-state index contributed by atoms with van der Waals surface area (Å²) in [6, 6.07) is 5.87. The molecule has 0 aliphatic heterocycles. The number of aryl methyl sites for hydroxylation is 2. The van der Waals surface area contributed by atoms with Crippen LogP contribution in [0.1, 0.15) is 28.7 Å². The van der Waals surface area contributed by atoms with Crippen molar-refractivity contribution in [2.75, 3.05) is 5.32 Å². The van der Waals surface area contributed by atoms with Crippen molar-refractivity contribution < 1.29 is 23.1 Å². The van der Waals surface area contributed by atoms with Gasteiger partial charge in [0.05, 0.1) is 22.6 Å². The standard InChI is InChI=1S/C17H19F2N3O3S/c1-9-14(10(2)22(4)21-9)20-15(23)11(3)25-16(24)12-7-5-6-8-13(12)26-17(18)19/h5-8,11,17H,1-4H3,(H,20,23)/t11-/m0/s1. The molecule has 0 radical (unpaired) electrons. The second-order valence-electron chi connectivity index (χ2n) is 5.58. The zero-order chi connectivity index (χ0) is 19.4. The van der Waals surface area contributed by atoms with Crippen molar-refractivity contribution in [2.24, 2.45) is 7.05 Å². The van der Waals surface area contributed by atoms with Crippen molar-refractivity contribution in [3.63, 3.8) is 0 Å². The van der Waals surface area contributed by atoms with Crippen LogP contribution in [0, 0.1) is 13.8 Å². The molecule has 6 nitrogen and oxygen atoms in total. The van der Waals surface area contributed by atoms with Gasteiger partial charge in [-0.15, -0.1) is 0 Å². The molecule has 1 heterocycles. The minimum absolute atomic E-state index is 0.00816. The van der Waals surface area contributed by atoms with Gasteiger partial charge < -0.3 is 10.1 Å². The smallest absolute Gasteiger partial charge is 0.340 e. The number of nitrogens with one attached hydrogen (secondary N) is 1. The number of alkyl halides is 2. The summed E-state index contributed by atoms with van der Waals surface area (Å²) in [4.78, 5) is 24.7. The van der Waals surface area contributed by atoms with Crippen molar-refractivity contribution in [1.82, 2.24) is 9.78 Å². The Balaban J connectivity index is 2.08. The third kappa shape index (κ3) is 4.60. The van der Waals surface area contributed by atoms with Gasteiger partial charge in [0.2, 0.25) is 0 Å². The summed E-state index contributed by atoms with van der Waals surface area (Å²) in [6.07, 6.45) is -1.11. The number of halogens is 2. The molecule has 1 aromatic heterocycles. The average Bonchev–Trinajstić information content (AvgIpc) is 2.80. The first-order chi connectivity index (χ1) is 12.2. The summed E-state index contributed by atoms with van der Waals surface area (Å²) in [5.41, 5.74) is 1.93. The van der Waals surface area contributed by atoms with E-state index in [4.69, 9.17) is 4.74 Å². The molecule has 1 aromatic carbocycles. The van der Waals surface area contributed by atoms with Crippen molar-refractivity contribution in [1.29, 1.82) is 0 Å². The summed E-state index contributed by atoms with van der Waals surface area (Å²) in [5.74, 6) is -4.03. The van der Waals surface area contributed by atoms with E-state index < -0.39 is 23.7 Å². The minimum atomic E-state index is -2.67. The largest absolute Gasteiger partial charge is 0.449 e. The molecule has 0 saturated heterocycles. The topological polar surface area (TPSA) is 73.2 Å². The van der Waals surface area contributed by atoms with Crippen molar-refractivity contribution >= 4 is 29.3 Å². The number of aromatic nitrogens is 2. The Morgan fingerprint density at radius 2 is 1.92 bits per heavy atom. The van der Waals surface area contributed by atoms with Crippen LogP contribution in [0.5, 0.6) is 0 Å². The van der Waals surface area contributed by atoms with Crippen LogP contribution in [0.15, 0.2) is 29.2 Å². The Hall–Kier alpha value is -2.42. The molecular formula is C17H19F2N3O3S. The number of anilines is 1. The molecule has 140 valence electrons. The van der Waals surface area contributed by atoms with Crippen LogP contribution < -0.4 is 5.32 Å². The summed E-state index contributed by atoms with van der Waals surface area (Å²) < 4.78 is 32.0. The Kier molecular flexibility index (Phi) is 6.36. The predicted octanol–water partition coefficient (Wildman–Crippen LogP) is 3.54. The molecule has 0 aliphatic carbocycles. The van der Waals surface area contributed by atoms with Gasteiger partial charge in [-0.2, -0.15) is 13.9 Å². The monoisotopic (exact) mass is 383 g/mol. The van der Waals surface area contributed by atoms with Gasteiger partial charge in [0.25, 0.3) is 11.7 Å². The lowest BCUT2D eigenvalue weighted by Gasteiger charge is -2.15. The van der Waals surface area contributed by atoms with Gasteiger partial charge in [-0.05, 0) is 32.9 Å². The fourth-order valence-corrected chi connectivity index (χ4v) is 2.92. The Morgan fingerprint density at radius 3 is 2.50 bits per heavy atom. The number of benzene rings is 1. The summed E-state index contributed by atoms with van der Waals surface area (Å²) in [5, 5.41) is 6.87. The number of thioether (sulfide) groups is 1. The van der Waals surface area contributed by atoms with Crippen molar-refractivity contribution in [3.8, 4) is 0 Å². The highest BCUT2D eigenvalue weighted by atomic mass is 32.2. The van der Waals surface area contributed by atoms with Crippen molar-refractivity contribution in [2.45, 2.75) is 37.5 Å². The lowest BCUT2D eigenvalue weighted by molar-refractivity contribution is -0.123. The number of hydrogen-bond acceptors (Lipinski definition) is 5. The van der Waals surface area contributed by atoms with E-state index >= 15 is 0 Å². The first-order valence-corrected chi connectivity index (χ1v) is 8.64. The van der Waals surface area contributed by atoms with E-state index in [1.807, 2.05) is 0 Å². The van der Waals surface area contributed by atoms with E-state index in [0.717, 1.165) is 5.69 Å². The Morgan fingerprint density at radius 1 is 1.27 bits per heavy atom. The molecule has 0 saturated carbocycles. The molecule has 0 bridgehead atoms. The molecule has 1 N–H and O–H groups in total. The van der Waals surface area contributed by atoms with Gasteiger partial charge in [0, 0.05) is 11.9 Å². The van der Waals surface area contributed by atoms with Crippen LogP contribution in [0.2, 0.25) is 0 Å². The number of esters is 1. The number of nitrogens with zero attached hydrogens (tertiary/aromatic N) is 2. The van der Waals surface area contributed by atoms with Crippen LogP contribution in [0.3, 0.4) is 0 Å². The lowest BCUT2D eigenvalue weighted by Crippen LogP contribution is -2.30. The summed E-state index contributed by atoms with van der Waals surface area (Å²) in [6.45, 7) is 4.96. The quantitative estimate of drug-likeness (QED) is 0.610. The van der Waals surface area contributed by atoms with Crippen LogP contribution in [-0.2, 0) is 16.6 Å². The molecule has 0 fully saturated rings. The van der Waals surface area contributed by atoms with Gasteiger partial charge in [0.1, 0.15) is 0 Å². The SMILES string of the molecule is Cc1nn(C)c(C)c1NC(=O)[C@H](C)OC(=O)c1ccccc1SC(F)F. The van der Waals surface area contributed by atoms with E-state index in [9.17, 15) is 18.4 Å². The molecule has 1 atom stereocenters. The zero-order valence-corrected chi connectivity index (χ0v) is 15.6. The zero-order valence-electron chi connectivity index (χ0n) is 14.7. The van der Waals surface area contributed by atoms with E-state index in [1.165, 1.54) is 19.1 Å². The first kappa shape index (κ1) is 19.9. The third-order valence-corrected chi connectivity index (χ3v) is 4.52. The average molecular weight is 383 g/mol. The number of ether oxygens (including phenoxy) is 1. The Labute approximate surface area is 153 Å². The molecule has 2 aromatic rings. The van der Waals surface area contributed by atoms with Gasteiger partial charge in [-0.1, -0.05) is 23.9 Å². The van der Waals surface area contributed by atoms with Gasteiger partial charge in [-0.25, -0.2) is 4.79 Å². The van der Waals surface area contributed by atoms with Gasteiger partial charge >= 0.3 is 5.97 Å². The predicted molar refractivity (Wildman–Crippen MR) is 94.5 cm³/mol. The highest BCUT2D eigenvalue weighted by Gasteiger charge is 2.23. The van der Waals surface area contributed by atoms with Gasteiger partial charge in [0.15, 0.2) is 6.10 Å². The Bertz CT molecular complexity index is 824. The minimum Gasteiger partial charge on any atom is -0.449 e. The third-order valence-electron chi connectivity index (χ3n) is 3.73. The van der Waals surface area contributed by atoms with Crippen molar-refractivity contribution in [3.05, 3.63) is 41.2 Å². The molecule has 9 heteroatoms. The fraction of sp³-hybridized carbons (Fsp3) is 0.353. The van der Waals surface area contributed by atoms with Crippen LogP contribution >= 0.6 is 11.8 Å². The number of amides is 1. The maximum absolute atomic E-state index is 12.6. The number of rotatable bonds is 6. The molecule has 1 amide bonds. The molecule has 0 spiro atoms. The highest BCUT2D eigenvalue weighted by Crippen LogP contribution is 2.29. The summed E-state index contributed by atoms with van der Waals surface area (Å²) in [7, 11) is 1.75. The fourth-order valence-electron chi connectivity index (χ4n) is 2.29. The maximum Gasteiger partial charge on any atom is 0.340 e. The van der Waals surface area contributed by atoms with Gasteiger partial charge in [-0.3, -0.25) is 9.48 Å². The molecule has 2 rings (SSSR count). The lowest BCUT2D eigenvalue weighted by atomic mass is 10.2. The number of carbonyl (C=O) groups is 2. The molecule has 0 unspecified atom stereocenters. The number of carbonyl (C=O) groups excluding carboxylic acids is 2. The van der Waals surface area contributed by atoms with Crippen LogP contribution in [0.25, 0.3) is 0 Å². The maximum atomic E-state index is 12.6. The molecular weight excluding hydrogens is 364 g/mol. The van der Waals surface area contributed by atoms with Crippen LogP contribution in [-0.4, -0.2) is 33.5 Å². The second kappa shape index (κ2) is 8.31. The number of hydrogen-bond donors (Lipinski definition) is 1. The van der Waals surface area contributed by atoms with Crippen LogP contribution in [0.4, 0.5) is 14.5 Å². The highest BCUT2D eigenvalue weighted by molar-refractivity contribution is 7.99. The molecule has 0 aliphatic rings.